The van der Waals surface area contributed by atoms with Crippen LogP contribution < -0.4 is 4.74 Å². The van der Waals surface area contributed by atoms with Crippen LogP contribution in [0.5, 0.6) is 5.75 Å². The second kappa shape index (κ2) is 8.51. The van der Waals surface area contributed by atoms with E-state index in [-0.39, 0.29) is 0 Å². The van der Waals surface area contributed by atoms with Crippen molar-refractivity contribution in [3.05, 3.63) is 65.2 Å². The van der Waals surface area contributed by atoms with Gasteiger partial charge in [0.05, 0.1) is 7.11 Å². The van der Waals surface area contributed by atoms with E-state index in [0.717, 1.165) is 5.75 Å². The van der Waals surface area contributed by atoms with Gasteiger partial charge in [0.25, 0.3) is 0 Å². The molecule has 0 atom stereocenters. The van der Waals surface area contributed by atoms with Crippen molar-refractivity contribution in [1.82, 2.24) is 0 Å². The number of aryl methyl sites for hydroxylation is 1. The van der Waals surface area contributed by atoms with E-state index in [2.05, 4.69) is 71.0 Å². The lowest BCUT2D eigenvalue weighted by Crippen LogP contribution is -1.88. The minimum atomic E-state index is 0.574. The largest absolute Gasteiger partial charge is 0.497 e. The van der Waals surface area contributed by atoms with Crippen LogP contribution in [-0.2, 0) is 0 Å². The number of benzene rings is 2. The van der Waals surface area contributed by atoms with E-state index >= 15 is 0 Å². The van der Waals surface area contributed by atoms with Crippen molar-refractivity contribution in [3.8, 4) is 5.75 Å². The highest BCUT2D eigenvalue weighted by atomic mass is 16.5. The first kappa shape index (κ1) is 17.3. The van der Waals surface area contributed by atoms with E-state index < -0.39 is 0 Å². The summed E-state index contributed by atoms with van der Waals surface area (Å²) in [5.41, 5.74) is 4.11. The highest BCUT2D eigenvalue weighted by Gasteiger charge is 1.98. The Bertz CT molecular complexity index is 541. The summed E-state index contributed by atoms with van der Waals surface area (Å²) in [6, 6.07) is 16.8. The molecule has 0 bridgehead atoms. The molecule has 0 fully saturated rings. The Kier molecular flexibility index (Phi) is 7.01. The second-order valence-electron chi connectivity index (χ2n) is 6.00. The average Bonchev–Trinajstić information content (AvgIpc) is 2.48. The van der Waals surface area contributed by atoms with Gasteiger partial charge in [-0.25, -0.2) is 0 Å². The van der Waals surface area contributed by atoms with Gasteiger partial charge in [0.1, 0.15) is 5.75 Å². The fourth-order valence-electron chi connectivity index (χ4n) is 2.03. The van der Waals surface area contributed by atoms with E-state index in [0.29, 0.717) is 11.8 Å². The predicted octanol–water partition coefficient (Wildman–Crippen LogP) is 5.94. The third kappa shape index (κ3) is 6.03. The SMILES string of the molecule is COc1cccc(C(C)C)c1.Cc1cccc(C(C)C)c1. The standard InChI is InChI=1S/C10H14O.C10H14/c1-8(2)9-5-4-6-10(7-9)11-3;1-8(2)10-6-4-5-9(3)7-10/h4-8H,1-3H3;4-8H,1-3H3. The summed E-state index contributed by atoms with van der Waals surface area (Å²) < 4.78 is 5.11. The molecule has 0 radical (unpaired) electrons. The first-order valence-corrected chi connectivity index (χ1v) is 7.64. The molecule has 0 heterocycles. The van der Waals surface area contributed by atoms with E-state index in [9.17, 15) is 0 Å². The summed E-state index contributed by atoms with van der Waals surface area (Å²) >= 11 is 0. The summed E-state index contributed by atoms with van der Waals surface area (Å²) in [4.78, 5) is 0. The normalized spacial score (nSPS) is 10.3. The Morgan fingerprint density at radius 3 is 1.71 bits per heavy atom. The van der Waals surface area contributed by atoms with Crippen LogP contribution in [0.1, 0.15) is 56.2 Å². The van der Waals surface area contributed by atoms with Gasteiger partial charge in [-0.05, 0) is 42.0 Å². The lowest BCUT2D eigenvalue weighted by Gasteiger charge is -2.06. The molecule has 0 N–H and O–H groups in total. The molecule has 1 nitrogen and oxygen atoms in total. The molecular formula is C20H28O. The molecule has 2 aromatic carbocycles. The first-order chi connectivity index (χ1) is 9.93. The van der Waals surface area contributed by atoms with Gasteiger partial charge in [-0.2, -0.15) is 0 Å². The van der Waals surface area contributed by atoms with Crippen molar-refractivity contribution >= 4 is 0 Å². The lowest BCUT2D eigenvalue weighted by molar-refractivity contribution is 0.414. The van der Waals surface area contributed by atoms with Crippen LogP contribution in [0, 0.1) is 6.92 Å². The van der Waals surface area contributed by atoms with E-state index in [1.165, 1.54) is 16.7 Å². The van der Waals surface area contributed by atoms with Crippen molar-refractivity contribution in [2.75, 3.05) is 7.11 Å². The van der Waals surface area contributed by atoms with Crippen molar-refractivity contribution in [1.29, 1.82) is 0 Å². The summed E-state index contributed by atoms with van der Waals surface area (Å²) in [5, 5.41) is 0. The monoisotopic (exact) mass is 284 g/mol. The van der Waals surface area contributed by atoms with Crippen LogP contribution in [0.25, 0.3) is 0 Å². The maximum Gasteiger partial charge on any atom is 0.119 e. The fraction of sp³-hybridized carbons (Fsp3) is 0.400. The number of rotatable bonds is 3. The van der Waals surface area contributed by atoms with Gasteiger partial charge in [-0.15, -0.1) is 0 Å². The van der Waals surface area contributed by atoms with Gasteiger partial charge in [-0.3, -0.25) is 0 Å². The summed E-state index contributed by atoms with van der Waals surface area (Å²) in [5.74, 6) is 2.17. The van der Waals surface area contributed by atoms with Crippen molar-refractivity contribution in [3.63, 3.8) is 0 Å². The van der Waals surface area contributed by atoms with Gasteiger partial charge in [0.15, 0.2) is 0 Å². The molecule has 0 unspecified atom stereocenters. The highest BCUT2D eigenvalue weighted by Crippen LogP contribution is 2.19. The highest BCUT2D eigenvalue weighted by molar-refractivity contribution is 5.30. The van der Waals surface area contributed by atoms with E-state index in [1.807, 2.05) is 12.1 Å². The molecule has 0 aliphatic carbocycles. The Labute approximate surface area is 130 Å². The molecule has 114 valence electrons. The quantitative estimate of drug-likeness (QED) is 0.678. The number of ether oxygens (including phenoxy) is 1. The molecule has 21 heavy (non-hydrogen) atoms. The zero-order valence-electron chi connectivity index (χ0n) is 14.2. The van der Waals surface area contributed by atoms with Crippen molar-refractivity contribution in [2.24, 2.45) is 0 Å². The number of hydrogen-bond acceptors (Lipinski definition) is 1. The molecule has 0 saturated heterocycles. The molecule has 2 rings (SSSR count). The Morgan fingerprint density at radius 2 is 1.29 bits per heavy atom. The molecule has 2 aromatic rings. The minimum absolute atomic E-state index is 0.574. The Hall–Kier alpha value is -1.76. The molecule has 1 heteroatoms. The van der Waals surface area contributed by atoms with Gasteiger partial charge < -0.3 is 4.74 Å². The van der Waals surface area contributed by atoms with Crippen LogP contribution in [-0.4, -0.2) is 7.11 Å². The van der Waals surface area contributed by atoms with Gasteiger partial charge in [-0.1, -0.05) is 69.7 Å². The molecule has 0 amide bonds. The third-order valence-corrected chi connectivity index (χ3v) is 3.47. The van der Waals surface area contributed by atoms with E-state index in [1.54, 1.807) is 7.11 Å². The Morgan fingerprint density at radius 1 is 0.762 bits per heavy atom. The van der Waals surface area contributed by atoms with Gasteiger partial charge in [0, 0.05) is 0 Å². The van der Waals surface area contributed by atoms with Gasteiger partial charge in [0.2, 0.25) is 0 Å². The average molecular weight is 284 g/mol. The zero-order valence-corrected chi connectivity index (χ0v) is 14.2. The number of methoxy groups -OCH3 is 1. The van der Waals surface area contributed by atoms with Crippen LogP contribution in [0.3, 0.4) is 0 Å². The summed E-state index contributed by atoms with van der Waals surface area (Å²) in [7, 11) is 1.69. The van der Waals surface area contributed by atoms with Crippen LogP contribution >= 0.6 is 0 Å². The maximum absolute atomic E-state index is 5.11. The topological polar surface area (TPSA) is 9.23 Å². The summed E-state index contributed by atoms with van der Waals surface area (Å²) in [6.07, 6.45) is 0. The molecular weight excluding hydrogens is 256 g/mol. The van der Waals surface area contributed by atoms with E-state index in [4.69, 9.17) is 4.74 Å². The molecule has 0 aliphatic heterocycles. The molecule has 0 aromatic heterocycles. The Balaban J connectivity index is 0.000000211. The molecule has 0 spiro atoms. The molecule has 0 saturated carbocycles. The van der Waals surface area contributed by atoms with Crippen LogP contribution in [0.15, 0.2) is 48.5 Å². The first-order valence-electron chi connectivity index (χ1n) is 7.64. The van der Waals surface area contributed by atoms with Crippen LogP contribution in [0.4, 0.5) is 0 Å². The smallest absolute Gasteiger partial charge is 0.119 e. The molecule has 0 aliphatic rings. The summed E-state index contributed by atoms with van der Waals surface area (Å²) in [6.45, 7) is 10.9. The predicted molar refractivity (Wildman–Crippen MR) is 92.4 cm³/mol. The third-order valence-electron chi connectivity index (χ3n) is 3.47. The fourth-order valence-corrected chi connectivity index (χ4v) is 2.03. The minimum Gasteiger partial charge on any atom is -0.497 e. The number of hydrogen-bond donors (Lipinski definition) is 0. The maximum atomic E-state index is 5.11. The zero-order chi connectivity index (χ0) is 15.8. The van der Waals surface area contributed by atoms with Crippen LogP contribution in [0.2, 0.25) is 0 Å². The lowest BCUT2D eigenvalue weighted by atomic mass is 10.0. The van der Waals surface area contributed by atoms with Crippen molar-refractivity contribution in [2.45, 2.75) is 46.5 Å². The van der Waals surface area contributed by atoms with Gasteiger partial charge >= 0.3 is 0 Å². The van der Waals surface area contributed by atoms with Crippen molar-refractivity contribution < 1.29 is 4.74 Å². The second-order valence-corrected chi connectivity index (χ2v) is 6.00.